The fourth-order valence-corrected chi connectivity index (χ4v) is 3.30. The second-order valence-electron chi connectivity index (χ2n) is 4.21. The van der Waals surface area contributed by atoms with Crippen molar-refractivity contribution in [3.8, 4) is 0 Å². The Bertz CT molecular complexity index is 377. The van der Waals surface area contributed by atoms with E-state index in [0.717, 1.165) is 10.9 Å². The highest BCUT2D eigenvalue weighted by Crippen LogP contribution is 2.39. The average Bonchev–Trinajstić information content (AvgIpc) is 2.65. The molecule has 0 saturated heterocycles. The van der Waals surface area contributed by atoms with Crippen molar-refractivity contribution in [2.24, 2.45) is 0 Å². The summed E-state index contributed by atoms with van der Waals surface area (Å²) in [6.07, 6.45) is 4.63. The minimum atomic E-state index is 0.513. The smallest absolute Gasteiger partial charge is 0.0934 e. The molecule has 0 bridgehead atoms. The van der Waals surface area contributed by atoms with Crippen molar-refractivity contribution in [3.63, 3.8) is 0 Å². The molecule has 0 radical (unpaired) electrons. The third-order valence-corrected chi connectivity index (χ3v) is 4.06. The third-order valence-electron chi connectivity index (χ3n) is 2.72. The molecule has 1 heterocycles. The van der Waals surface area contributed by atoms with Crippen molar-refractivity contribution in [2.45, 2.75) is 32.7 Å². The second kappa shape index (κ2) is 4.69. The first kappa shape index (κ1) is 11.2. The fraction of sp³-hybridized carbons (Fsp3) is 0.500. The summed E-state index contributed by atoms with van der Waals surface area (Å²) in [6.45, 7) is 5.21. The molecule has 1 aromatic heterocycles. The topological polar surface area (TPSA) is 12.0 Å². The third kappa shape index (κ3) is 2.63. The van der Waals surface area contributed by atoms with E-state index in [1.165, 1.54) is 28.9 Å². The Kier molecular flexibility index (Phi) is 3.49. The van der Waals surface area contributed by atoms with Crippen LogP contribution in [-0.4, -0.2) is 6.54 Å². The Morgan fingerprint density at radius 3 is 3.20 bits per heavy atom. The first-order chi connectivity index (χ1) is 7.16. The lowest BCUT2D eigenvalue weighted by Gasteiger charge is -2.10. The molecule has 0 aliphatic heterocycles. The maximum atomic E-state index is 6.01. The summed E-state index contributed by atoms with van der Waals surface area (Å²) in [5, 5.41) is 3.55. The van der Waals surface area contributed by atoms with Crippen LogP contribution in [0.5, 0.6) is 0 Å². The van der Waals surface area contributed by atoms with Gasteiger partial charge in [0.1, 0.15) is 0 Å². The van der Waals surface area contributed by atoms with Crippen LogP contribution in [0.2, 0.25) is 4.34 Å². The number of halogens is 1. The van der Waals surface area contributed by atoms with Gasteiger partial charge < -0.3 is 5.32 Å². The van der Waals surface area contributed by atoms with Crippen LogP contribution in [-0.2, 0) is 6.42 Å². The fourth-order valence-electron chi connectivity index (χ4n) is 1.95. The molecule has 0 aromatic carbocycles. The van der Waals surface area contributed by atoms with Crippen molar-refractivity contribution >= 4 is 22.9 Å². The number of nitrogens with one attached hydrogen (secondary N) is 1. The van der Waals surface area contributed by atoms with E-state index in [1.807, 2.05) is 0 Å². The molecule has 1 unspecified atom stereocenters. The Morgan fingerprint density at radius 2 is 2.47 bits per heavy atom. The zero-order valence-electron chi connectivity index (χ0n) is 9.14. The summed E-state index contributed by atoms with van der Waals surface area (Å²) in [6, 6.07) is 2.63. The first-order valence-electron chi connectivity index (χ1n) is 5.31. The van der Waals surface area contributed by atoms with Gasteiger partial charge in [0.2, 0.25) is 0 Å². The SMILES string of the molecule is CC(C)=CCNC1CCc2sc(Cl)cc21. The summed E-state index contributed by atoms with van der Waals surface area (Å²) in [5.74, 6) is 0. The molecule has 1 N–H and O–H groups in total. The number of rotatable bonds is 3. The first-order valence-corrected chi connectivity index (χ1v) is 6.51. The summed E-state index contributed by atoms with van der Waals surface area (Å²) in [5.41, 5.74) is 2.79. The highest BCUT2D eigenvalue weighted by Gasteiger charge is 2.23. The van der Waals surface area contributed by atoms with Gasteiger partial charge in [0, 0.05) is 17.5 Å². The van der Waals surface area contributed by atoms with Gasteiger partial charge in [0.25, 0.3) is 0 Å². The highest BCUT2D eigenvalue weighted by atomic mass is 35.5. The normalized spacial score (nSPS) is 19.0. The second-order valence-corrected chi connectivity index (χ2v) is 5.98. The van der Waals surface area contributed by atoms with E-state index < -0.39 is 0 Å². The standard InChI is InChI=1S/C12H16ClNS/c1-8(2)5-6-14-10-3-4-11-9(10)7-12(13)15-11/h5,7,10,14H,3-4,6H2,1-2H3. The molecule has 0 fully saturated rings. The lowest BCUT2D eigenvalue weighted by atomic mass is 10.2. The highest BCUT2D eigenvalue weighted by molar-refractivity contribution is 7.16. The Labute approximate surface area is 100 Å². The number of thiophene rings is 1. The van der Waals surface area contributed by atoms with Gasteiger partial charge >= 0.3 is 0 Å². The van der Waals surface area contributed by atoms with E-state index >= 15 is 0 Å². The molecule has 0 spiro atoms. The van der Waals surface area contributed by atoms with Crippen molar-refractivity contribution in [2.75, 3.05) is 6.54 Å². The Balaban J connectivity index is 1.98. The molecule has 1 atom stereocenters. The van der Waals surface area contributed by atoms with Crippen molar-refractivity contribution in [1.29, 1.82) is 0 Å². The Hall–Kier alpha value is -0.310. The molecule has 15 heavy (non-hydrogen) atoms. The summed E-state index contributed by atoms with van der Waals surface area (Å²) >= 11 is 7.74. The number of aryl methyl sites for hydroxylation is 1. The minimum absolute atomic E-state index is 0.513. The van der Waals surface area contributed by atoms with E-state index in [9.17, 15) is 0 Å². The van der Waals surface area contributed by atoms with Gasteiger partial charge in [0.05, 0.1) is 4.34 Å². The molecule has 2 rings (SSSR count). The average molecular weight is 242 g/mol. The summed E-state index contributed by atoms with van der Waals surface area (Å²) in [4.78, 5) is 1.47. The van der Waals surface area contributed by atoms with E-state index in [1.54, 1.807) is 11.3 Å². The quantitative estimate of drug-likeness (QED) is 0.791. The van der Waals surface area contributed by atoms with Gasteiger partial charge in [-0.2, -0.15) is 0 Å². The monoisotopic (exact) mass is 241 g/mol. The van der Waals surface area contributed by atoms with Crippen LogP contribution in [0.4, 0.5) is 0 Å². The number of allylic oxidation sites excluding steroid dienone is 1. The molecular formula is C12H16ClNS. The largest absolute Gasteiger partial charge is 0.306 e. The number of fused-ring (bicyclic) bond motifs is 1. The van der Waals surface area contributed by atoms with E-state index in [-0.39, 0.29) is 0 Å². The van der Waals surface area contributed by atoms with E-state index in [0.29, 0.717) is 6.04 Å². The predicted molar refractivity (Wildman–Crippen MR) is 67.8 cm³/mol. The molecule has 1 aliphatic carbocycles. The molecule has 0 saturated carbocycles. The van der Waals surface area contributed by atoms with Crippen LogP contribution in [0.3, 0.4) is 0 Å². The summed E-state index contributed by atoms with van der Waals surface area (Å²) < 4.78 is 0.925. The molecule has 82 valence electrons. The van der Waals surface area contributed by atoms with Crippen LogP contribution >= 0.6 is 22.9 Å². The van der Waals surface area contributed by atoms with Crippen molar-refractivity contribution in [1.82, 2.24) is 5.32 Å². The van der Waals surface area contributed by atoms with Gasteiger partial charge in [-0.1, -0.05) is 23.3 Å². The van der Waals surface area contributed by atoms with Crippen molar-refractivity contribution in [3.05, 3.63) is 32.5 Å². The zero-order chi connectivity index (χ0) is 10.8. The van der Waals surface area contributed by atoms with Crippen LogP contribution in [0, 0.1) is 0 Å². The van der Waals surface area contributed by atoms with Crippen molar-refractivity contribution < 1.29 is 0 Å². The van der Waals surface area contributed by atoms with Gasteiger partial charge in [-0.05, 0) is 38.3 Å². The molecule has 1 nitrogen and oxygen atoms in total. The molecule has 1 aliphatic rings. The maximum absolute atomic E-state index is 6.01. The van der Waals surface area contributed by atoms with E-state index in [4.69, 9.17) is 11.6 Å². The van der Waals surface area contributed by atoms with Crippen LogP contribution in [0.1, 0.15) is 36.8 Å². The van der Waals surface area contributed by atoms with Crippen LogP contribution in [0.15, 0.2) is 17.7 Å². The van der Waals surface area contributed by atoms with E-state index in [2.05, 4.69) is 31.3 Å². The lowest BCUT2D eigenvalue weighted by Crippen LogP contribution is -2.18. The molecular weight excluding hydrogens is 226 g/mol. The maximum Gasteiger partial charge on any atom is 0.0934 e. The molecule has 3 heteroatoms. The minimum Gasteiger partial charge on any atom is -0.306 e. The zero-order valence-corrected chi connectivity index (χ0v) is 10.7. The predicted octanol–water partition coefficient (Wildman–Crippen LogP) is 3.94. The number of hydrogen-bond acceptors (Lipinski definition) is 2. The van der Waals surface area contributed by atoms with Gasteiger partial charge in [-0.3, -0.25) is 0 Å². The lowest BCUT2D eigenvalue weighted by molar-refractivity contribution is 0.563. The van der Waals surface area contributed by atoms with Gasteiger partial charge in [-0.15, -0.1) is 11.3 Å². The summed E-state index contributed by atoms with van der Waals surface area (Å²) in [7, 11) is 0. The van der Waals surface area contributed by atoms with Gasteiger partial charge in [0.15, 0.2) is 0 Å². The molecule has 1 aromatic rings. The molecule has 0 amide bonds. The Morgan fingerprint density at radius 1 is 1.67 bits per heavy atom. The van der Waals surface area contributed by atoms with Gasteiger partial charge in [-0.25, -0.2) is 0 Å². The van der Waals surface area contributed by atoms with Crippen LogP contribution < -0.4 is 5.32 Å². The van der Waals surface area contributed by atoms with Crippen LogP contribution in [0.25, 0.3) is 0 Å². The number of hydrogen-bond donors (Lipinski definition) is 1.